The number of hydrogen-bond acceptors (Lipinski definition) is 5. The number of aromatic nitrogens is 2. The first-order chi connectivity index (χ1) is 15.3. The third-order valence-electron chi connectivity index (χ3n) is 6.78. The summed E-state index contributed by atoms with van der Waals surface area (Å²) in [6.07, 6.45) is 8.91. The van der Waals surface area contributed by atoms with E-state index in [9.17, 15) is 13.6 Å². The van der Waals surface area contributed by atoms with Crippen LogP contribution < -0.4 is 5.32 Å². The Morgan fingerprint density at radius 1 is 1.06 bits per heavy atom. The lowest BCUT2D eigenvalue weighted by atomic mass is 9.83. The van der Waals surface area contributed by atoms with Crippen molar-refractivity contribution in [2.24, 2.45) is 5.92 Å². The molecule has 2 heterocycles. The monoisotopic (exact) mass is 455 g/mol. The molecule has 0 bridgehead atoms. The molecule has 172 valence electrons. The highest BCUT2D eigenvalue weighted by molar-refractivity contribution is 7.91. The number of fused-ring (bicyclic) bond motifs is 1. The Morgan fingerprint density at radius 2 is 1.81 bits per heavy atom. The van der Waals surface area contributed by atoms with Crippen LogP contribution in [0.5, 0.6) is 0 Å². The van der Waals surface area contributed by atoms with Crippen molar-refractivity contribution in [3.8, 4) is 22.5 Å². The highest BCUT2D eigenvalue weighted by Gasteiger charge is 2.24. The van der Waals surface area contributed by atoms with Crippen LogP contribution in [0, 0.1) is 12.8 Å². The van der Waals surface area contributed by atoms with E-state index in [-0.39, 0.29) is 5.75 Å². The van der Waals surface area contributed by atoms with Gasteiger partial charge in [-0.25, -0.2) is 13.4 Å². The normalized spacial score (nSPS) is 19.3. The number of hydrogen-bond donors (Lipinski definition) is 2. The van der Waals surface area contributed by atoms with Crippen LogP contribution in [0.3, 0.4) is 0 Å². The minimum Gasteiger partial charge on any atom is -0.427 e. The number of rotatable bonds is 7. The number of aryl methyl sites for hydroxylation is 1. The second-order valence-electron chi connectivity index (χ2n) is 8.95. The van der Waals surface area contributed by atoms with Crippen LogP contribution in [0.2, 0.25) is 0 Å². The van der Waals surface area contributed by atoms with Gasteiger partial charge in [-0.3, -0.25) is 0 Å². The average molecular weight is 456 g/mol. The minimum absolute atomic E-state index is 0.0540. The van der Waals surface area contributed by atoms with Crippen LogP contribution in [0.4, 0.5) is 5.69 Å². The third-order valence-corrected chi connectivity index (χ3v) is 8.51. The summed E-state index contributed by atoms with van der Waals surface area (Å²) in [7, 11) is -3.35. The van der Waals surface area contributed by atoms with Crippen molar-refractivity contribution in [3.63, 3.8) is 0 Å². The molecule has 2 N–H and O–H groups in total. The van der Waals surface area contributed by atoms with Gasteiger partial charge in [-0.1, -0.05) is 26.7 Å². The average Bonchev–Trinajstić information content (AvgIpc) is 3.28. The zero-order valence-corrected chi connectivity index (χ0v) is 20.0. The predicted octanol–water partition coefficient (Wildman–Crippen LogP) is 5.77. The number of nitrogens with one attached hydrogen (secondary N) is 1. The van der Waals surface area contributed by atoms with Gasteiger partial charge in [0.05, 0.1) is 16.3 Å². The molecule has 6 nitrogen and oxygen atoms in total. The Morgan fingerprint density at radius 3 is 2.50 bits per heavy atom. The van der Waals surface area contributed by atoms with E-state index in [1.807, 2.05) is 25.1 Å². The molecule has 3 aliphatic rings. The van der Waals surface area contributed by atoms with Crippen molar-refractivity contribution in [1.82, 2.24) is 9.71 Å². The fourth-order valence-corrected chi connectivity index (χ4v) is 5.81. The zero-order valence-electron chi connectivity index (χ0n) is 19.1. The Hall–Kier alpha value is -2.54. The Kier molecular flexibility index (Phi) is 6.47. The SMILES string of the molecule is CCCC1CCC(Nc2ccc(S(=O)(=O)CC)cc2-c2cc(C)n(O)c3nccc2-3)CC1. The van der Waals surface area contributed by atoms with Crippen molar-refractivity contribution < 1.29 is 13.6 Å². The van der Waals surface area contributed by atoms with Crippen LogP contribution in [0.15, 0.2) is 41.4 Å². The van der Waals surface area contributed by atoms with Crippen molar-refractivity contribution >= 4 is 15.5 Å². The Bertz CT molecular complexity index is 1160. The Labute approximate surface area is 190 Å². The molecule has 0 saturated heterocycles. The maximum atomic E-state index is 12.6. The molecule has 0 aromatic heterocycles. The molecular formula is C25H33N3O3S. The van der Waals surface area contributed by atoms with Gasteiger partial charge >= 0.3 is 0 Å². The molecule has 0 atom stereocenters. The number of sulfone groups is 1. The van der Waals surface area contributed by atoms with Crippen molar-refractivity contribution in [2.75, 3.05) is 11.1 Å². The van der Waals surface area contributed by atoms with Gasteiger partial charge in [0.2, 0.25) is 0 Å². The quantitative estimate of drug-likeness (QED) is 0.442. The summed E-state index contributed by atoms with van der Waals surface area (Å²) in [5.41, 5.74) is 4.06. The van der Waals surface area contributed by atoms with E-state index in [0.717, 1.165) is 45.9 Å². The molecule has 0 spiro atoms. The first-order valence-electron chi connectivity index (χ1n) is 11.6. The molecule has 1 aliphatic carbocycles. The van der Waals surface area contributed by atoms with Crippen LogP contribution in [0.1, 0.15) is 58.1 Å². The maximum Gasteiger partial charge on any atom is 0.178 e. The largest absolute Gasteiger partial charge is 0.427 e. The van der Waals surface area contributed by atoms with Crippen molar-refractivity contribution in [3.05, 3.63) is 42.2 Å². The lowest BCUT2D eigenvalue weighted by Gasteiger charge is -2.30. The minimum atomic E-state index is -3.35. The van der Waals surface area contributed by atoms with E-state index in [0.29, 0.717) is 22.5 Å². The van der Waals surface area contributed by atoms with Gasteiger partial charge in [0.25, 0.3) is 0 Å². The van der Waals surface area contributed by atoms with Crippen LogP contribution >= 0.6 is 0 Å². The molecule has 0 unspecified atom stereocenters. The molecule has 1 aromatic carbocycles. The molecule has 4 rings (SSSR count). The second-order valence-corrected chi connectivity index (χ2v) is 11.2. The summed E-state index contributed by atoms with van der Waals surface area (Å²) in [6.45, 7) is 5.72. The number of pyridine rings is 1. The fraction of sp³-hybridized carbons (Fsp3) is 0.480. The first kappa shape index (κ1) is 22.6. The van der Waals surface area contributed by atoms with Crippen LogP contribution in [-0.2, 0) is 9.84 Å². The summed E-state index contributed by atoms with van der Waals surface area (Å²) in [6, 6.07) is 9.50. The van der Waals surface area contributed by atoms with E-state index in [2.05, 4.69) is 17.2 Å². The number of nitrogens with zero attached hydrogens (tertiary/aromatic N) is 2. The molecule has 0 amide bonds. The summed E-state index contributed by atoms with van der Waals surface area (Å²) in [5, 5.41) is 14.1. The third kappa shape index (κ3) is 4.35. The maximum absolute atomic E-state index is 12.6. The highest BCUT2D eigenvalue weighted by atomic mass is 32.2. The van der Waals surface area contributed by atoms with E-state index >= 15 is 0 Å². The van der Waals surface area contributed by atoms with Crippen LogP contribution in [-0.4, -0.2) is 35.1 Å². The molecule has 1 saturated carbocycles. The van der Waals surface area contributed by atoms with Gasteiger partial charge in [0.15, 0.2) is 15.7 Å². The second kappa shape index (κ2) is 9.14. The first-order valence-corrected chi connectivity index (χ1v) is 13.3. The molecule has 1 aromatic rings. The van der Waals surface area contributed by atoms with Gasteiger partial charge in [-0.05, 0) is 74.4 Å². The van der Waals surface area contributed by atoms with Gasteiger partial charge < -0.3 is 10.5 Å². The highest BCUT2D eigenvalue weighted by Crippen LogP contribution is 2.40. The summed E-state index contributed by atoms with van der Waals surface area (Å²) < 4.78 is 26.4. The lowest BCUT2D eigenvalue weighted by Crippen LogP contribution is -2.26. The summed E-state index contributed by atoms with van der Waals surface area (Å²) in [4.78, 5) is 4.62. The van der Waals surface area contributed by atoms with E-state index in [1.54, 1.807) is 25.3 Å². The topological polar surface area (TPSA) is 84.2 Å². The van der Waals surface area contributed by atoms with Crippen molar-refractivity contribution in [2.45, 2.75) is 70.2 Å². The molecular weight excluding hydrogens is 422 g/mol. The molecule has 32 heavy (non-hydrogen) atoms. The van der Waals surface area contributed by atoms with Gasteiger partial charge in [0, 0.05) is 29.1 Å². The molecule has 0 radical (unpaired) electrons. The lowest BCUT2D eigenvalue weighted by molar-refractivity contribution is 0.180. The standard InChI is InChI=1S/C25H33N3O3S/c1-4-6-18-7-9-19(10-8-18)27-24-12-11-20(32(30,31)5-2)16-23(24)22-15-17(3)28(29)25-21(22)13-14-26-25/h11-16,18-19,27,29H,4-10H2,1-3H3. The smallest absolute Gasteiger partial charge is 0.178 e. The summed E-state index contributed by atoms with van der Waals surface area (Å²) >= 11 is 0. The zero-order chi connectivity index (χ0) is 22.9. The predicted molar refractivity (Wildman–Crippen MR) is 128 cm³/mol. The van der Waals surface area contributed by atoms with E-state index in [4.69, 9.17) is 0 Å². The van der Waals surface area contributed by atoms with Crippen LogP contribution in [0.25, 0.3) is 22.5 Å². The summed E-state index contributed by atoms with van der Waals surface area (Å²) in [5.74, 6) is 1.34. The molecule has 1 fully saturated rings. The van der Waals surface area contributed by atoms with Gasteiger partial charge in [-0.2, -0.15) is 4.73 Å². The molecule has 7 heteroatoms. The fourth-order valence-electron chi connectivity index (χ4n) is 4.90. The van der Waals surface area contributed by atoms with E-state index < -0.39 is 9.84 Å². The Balaban J connectivity index is 1.76. The van der Waals surface area contributed by atoms with Gasteiger partial charge in [0.1, 0.15) is 0 Å². The number of anilines is 1. The van der Waals surface area contributed by atoms with Crippen molar-refractivity contribution in [1.29, 1.82) is 0 Å². The van der Waals surface area contributed by atoms with Gasteiger partial charge in [-0.15, -0.1) is 0 Å². The molecule has 2 aliphatic heterocycles. The number of benzene rings is 1. The van der Waals surface area contributed by atoms with E-state index in [1.165, 1.54) is 25.7 Å².